The van der Waals surface area contributed by atoms with Gasteiger partial charge >= 0.3 is 6.03 Å². The Morgan fingerprint density at radius 1 is 0.962 bits per heavy atom. The molecule has 26 heavy (non-hydrogen) atoms. The maximum absolute atomic E-state index is 12.4. The van der Waals surface area contributed by atoms with Crippen LogP contribution in [0.3, 0.4) is 0 Å². The van der Waals surface area contributed by atoms with Gasteiger partial charge in [0.15, 0.2) is 0 Å². The summed E-state index contributed by atoms with van der Waals surface area (Å²) >= 11 is 0. The quantitative estimate of drug-likeness (QED) is 0.885. The number of piperidine rings is 1. The number of carbonyl (C=O) groups is 2. The summed E-state index contributed by atoms with van der Waals surface area (Å²) in [5, 5.41) is 6.02. The number of rotatable bonds is 3. The second kappa shape index (κ2) is 8.04. The molecule has 0 saturated carbocycles. The zero-order valence-electron chi connectivity index (χ0n) is 15.3. The molecule has 1 aliphatic heterocycles. The van der Waals surface area contributed by atoms with Gasteiger partial charge in [-0.1, -0.05) is 29.8 Å². The highest BCUT2D eigenvalue weighted by molar-refractivity contribution is 5.94. The minimum Gasteiger partial charge on any atom is -0.349 e. The Bertz CT molecular complexity index is 795. The molecule has 1 heterocycles. The topological polar surface area (TPSA) is 61.4 Å². The molecule has 3 rings (SSSR count). The van der Waals surface area contributed by atoms with E-state index >= 15 is 0 Å². The van der Waals surface area contributed by atoms with E-state index in [0.29, 0.717) is 18.7 Å². The van der Waals surface area contributed by atoms with Gasteiger partial charge in [0.05, 0.1) is 0 Å². The SMILES string of the molecule is Cc1cccc(NC(=O)N2CCC(NC(=O)c3cccc(C)c3)CC2)c1. The van der Waals surface area contributed by atoms with Crippen LogP contribution in [-0.4, -0.2) is 36.0 Å². The highest BCUT2D eigenvalue weighted by atomic mass is 16.2. The van der Waals surface area contributed by atoms with E-state index in [9.17, 15) is 9.59 Å². The molecule has 0 aliphatic carbocycles. The number of carbonyl (C=O) groups excluding carboxylic acids is 2. The minimum atomic E-state index is -0.0842. The summed E-state index contributed by atoms with van der Waals surface area (Å²) in [6, 6.07) is 15.4. The molecule has 0 unspecified atom stereocenters. The van der Waals surface area contributed by atoms with Gasteiger partial charge in [-0.05, 0) is 56.5 Å². The first-order chi connectivity index (χ1) is 12.5. The Balaban J connectivity index is 1.49. The van der Waals surface area contributed by atoms with Gasteiger partial charge in [0, 0.05) is 30.4 Å². The Morgan fingerprint density at radius 3 is 2.27 bits per heavy atom. The molecule has 0 atom stereocenters. The number of hydrogen-bond acceptors (Lipinski definition) is 2. The summed E-state index contributed by atoms with van der Waals surface area (Å²) < 4.78 is 0. The van der Waals surface area contributed by atoms with Crippen molar-refractivity contribution < 1.29 is 9.59 Å². The molecule has 1 aliphatic rings. The van der Waals surface area contributed by atoms with Crippen LogP contribution >= 0.6 is 0 Å². The van der Waals surface area contributed by atoms with E-state index in [2.05, 4.69) is 10.6 Å². The summed E-state index contributed by atoms with van der Waals surface area (Å²) in [5.74, 6) is -0.0450. The van der Waals surface area contributed by atoms with E-state index in [4.69, 9.17) is 0 Å². The van der Waals surface area contributed by atoms with Gasteiger partial charge in [0.25, 0.3) is 5.91 Å². The van der Waals surface area contributed by atoms with Crippen molar-refractivity contribution in [2.24, 2.45) is 0 Å². The Kier molecular flexibility index (Phi) is 5.56. The minimum absolute atomic E-state index is 0.0450. The summed E-state index contributed by atoms with van der Waals surface area (Å²) in [7, 11) is 0. The van der Waals surface area contributed by atoms with Gasteiger partial charge in [0.2, 0.25) is 0 Å². The van der Waals surface area contributed by atoms with E-state index in [-0.39, 0.29) is 18.0 Å². The number of nitrogens with zero attached hydrogens (tertiary/aromatic N) is 1. The summed E-state index contributed by atoms with van der Waals surface area (Å²) in [6.07, 6.45) is 1.53. The van der Waals surface area contributed by atoms with Crippen LogP contribution in [0.15, 0.2) is 48.5 Å². The normalized spacial score (nSPS) is 14.8. The molecule has 2 aromatic rings. The van der Waals surface area contributed by atoms with Crippen molar-refractivity contribution in [3.05, 3.63) is 65.2 Å². The molecule has 5 nitrogen and oxygen atoms in total. The molecule has 3 amide bonds. The first-order valence-corrected chi connectivity index (χ1v) is 9.01. The monoisotopic (exact) mass is 351 g/mol. The molecule has 0 bridgehead atoms. The number of aryl methyl sites for hydroxylation is 2. The van der Waals surface area contributed by atoms with Crippen LogP contribution in [0, 0.1) is 13.8 Å². The van der Waals surface area contributed by atoms with Gasteiger partial charge in [-0.3, -0.25) is 4.79 Å². The van der Waals surface area contributed by atoms with Gasteiger partial charge in [-0.15, -0.1) is 0 Å². The molecule has 2 N–H and O–H groups in total. The Hall–Kier alpha value is -2.82. The second-order valence-electron chi connectivity index (χ2n) is 6.90. The molecular formula is C21H25N3O2. The zero-order chi connectivity index (χ0) is 18.5. The average Bonchev–Trinajstić information content (AvgIpc) is 2.62. The highest BCUT2D eigenvalue weighted by Gasteiger charge is 2.24. The first kappa shape index (κ1) is 18.0. The zero-order valence-corrected chi connectivity index (χ0v) is 15.3. The highest BCUT2D eigenvalue weighted by Crippen LogP contribution is 2.15. The van der Waals surface area contributed by atoms with Crippen molar-refractivity contribution in [1.29, 1.82) is 0 Å². The number of urea groups is 1. The van der Waals surface area contributed by atoms with Crippen LogP contribution in [0.1, 0.15) is 34.3 Å². The number of hydrogen-bond donors (Lipinski definition) is 2. The van der Waals surface area contributed by atoms with E-state index in [1.54, 1.807) is 4.90 Å². The third-order valence-corrected chi connectivity index (χ3v) is 4.67. The van der Waals surface area contributed by atoms with Crippen LogP contribution in [0.25, 0.3) is 0 Å². The van der Waals surface area contributed by atoms with Gasteiger partial charge < -0.3 is 15.5 Å². The van der Waals surface area contributed by atoms with E-state index < -0.39 is 0 Å². The smallest absolute Gasteiger partial charge is 0.321 e. The maximum Gasteiger partial charge on any atom is 0.321 e. The Labute approximate surface area is 154 Å². The summed E-state index contributed by atoms with van der Waals surface area (Å²) in [4.78, 5) is 26.5. The number of likely N-dealkylation sites (tertiary alicyclic amines) is 1. The van der Waals surface area contributed by atoms with Gasteiger partial charge in [-0.25, -0.2) is 4.79 Å². The van der Waals surface area contributed by atoms with Crippen LogP contribution in [0.4, 0.5) is 10.5 Å². The van der Waals surface area contributed by atoms with E-state index in [1.807, 2.05) is 62.4 Å². The molecule has 0 radical (unpaired) electrons. The lowest BCUT2D eigenvalue weighted by Gasteiger charge is -2.32. The second-order valence-corrected chi connectivity index (χ2v) is 6.90. The van der Waals surface area contributed by atoms with Crippen LogP contribution < -0.4 is 10.6 Å². The molecule has 0 aromatic heterocycles. The molecular weight excluding hydrogens is 326 g/mol. The van der Waals surface area contributed by atoms with Crippen molar-refractivity contribution in [3.8, 4) is 0 Å². The standard InChI is InChI=1S/C21H25N3O2/c1-15-5-3-7-17(13-15)20(25)22-18-9-11-24(12-10-18)21(26)23-19-8-4-6-16(2)14-19/h3-8,13-14,18H,9-12H2,1-2H3,(H,22,25)(H,23,26). The number of amides is 3. The predicted octanol–water partition coefficient (Wildman–Crippen LogP) is 3.73. The van der Waals surface area contributed by atoms with Crippen molar-refractivity contribution in [1.82, 2.24) is 10.2 Å². The molecule has 2 aromatic carbocycles. The number of anilines is 1. The number of benzene rings is 2. The van der Waals surface area contributed by atoms with Crippen molar-refractivity contribution in [2.75, 3.05) is 18.4 Å². The summed E-state index contributed by atoms with van der Waals surface area (Å²) in [6.45, 7) is 5.24. The van der Waals surface area contributed by atoms with Crippen LogP contribution in [0.2, 0.25) is 0 Å². The third-order valence-electron chi connectivity index (χ3n) is 4.67. The molecule has 1 fully saturated rings. The van der Waals surface area contributed by atoms with Crippen molar-refractivity contribution in [3.63, 3.8) is 0 Å². The summed E-state index contributed by atoms with van der Waals surface area (Å²) in [5.41, 5.74) is 3.68. The lowest BCUT2D eigenvalue weighted by atomic mass is 10.0. The fraction of sp³-hybridized carbons (Fsp3) is 0.333. The van der Waals surface area contributed by atoms with Crippen molar-refractivity contribution in [2.45, 2.75) is 32.7 Å². The predicted molar refractivity (Wildman–Crippen MR) is 103 cm³/mol. The molecule has 1 saturated heterocycles. The first-order valence-electron chi connectivity index (χ1n) is 9.01. The number of nitrogens with one attached hydrogen (secondary N) is 2. The lowest BCUT2D eigenvalue weighted by Crippen LogP contribution is -2.47. The largest absolute Gasteiger partial charge is 0.349 e. The van der Waals surface area contributed by atoms with Gasteiger partial charge in [-0.2, -0.15) is 0 Å². The van der Waals surface area contributed by atoms with E-state index in [1.165, 1.54) is 0 Å². The molecule has 136 valence electrons. The van der Waals surface area contributed by atoms with Crippen LogP contribution in [-0.2, 0) is 0 Å². The fourth-order valence-electron chi connectivity index (χ4n) is 3.21. The Morgan fingerprint density at radius 2 is 1.62 bits per heavy atom. The van der Waals surface area contributed by atoms with Gasteiger partial charge in [0.1, 0.15) is 0 Å². The third kappa shape index (κ3) is 4.63. The maximum atomic E-state index is 12.4. The lowest BCUT2D eigenvalue weighted by molar-refractivity contribution is 0.0919. The molecule has 5 heteroatoms. The average molecular weight is 351 g/mol. The fourth-order valence-corrected chi connectivity index (χ4v) is 3.21. The molecule has 0 spiro atoms. The van der Waals surface area contributed by atoms with Crippen LogP contribution in [0.5, 0.6) is 0 Å². The van der Waals surface area contributed by atoms with Crippen molar-refractivity contribution >= 4 is 17.6 Å². The van der Waals surface area contributed by atoms with E-state index in [0.717, 1.165) is 29.7 Å².